The largest absolute Gasteiger partial charge is 0.519 e. The van der Waals surface area contributed by atoms with Gasteiger partial charge in [0.05, 0.1) is 6.61 Å². The number of carbonyl (C=O) groups excluding carboxylic acids is 2. The van der Waals surface area contributed by atoms with Crippen LogP contribution in [0.3, 0.4) is 0 Å². The number of amides is 1. The van der Waals surface area contributed by atoms with Crippen LogP contribution in [0.2, 0.25) is 0 Å². The summed E-state index contributed by atoms with van der Waals surface area (Å²) in [4.78, 5) is 32.8. The summed E-state index contributed by atoms with van der Waals surface area (Å²) in [6, 6.07) is 0. The summed E-state index contributed by atoms with van der Waals surface area (Å²) < 4.78 is 18.5. The SMILES string of the molecule is CCOC(=O)CNC(=O)OCc1oc(=O)oc1C. The van der Waals surface area contributed by atoms with Crippen molar-refractivity contribution in [3.63, 3.8) is 0 Å². The molecule has 100 valence electrons. The maximum absolute atomic E-state index is 11.2. The molecule has 8 heteroatoms. The highest BCUT2D eigenvalue weighted by Gasteiger charge is 2.12. The average molecular weight is 259 g/mol. The van der Waals surface area contributed by atoms with Crippen LogP contribution < -0.4 is 11.1 Å². The average Bonchev–Trinajstić information content (AvgIpc) is 2.63. The molecule has 1 aromatic heterocycles. The second-order valence-electron chi connectivity index (χ2n) is 3.17. The molecule has 18 heavy (non-hydrogen) atoms. The molecule has 0 aliphatic heterocycles. The van der Waals surface area contributed by atoms with Gasteiger partial charge in [0.2, 0.25) is 0 Å². The van der Waals surface area contributed by atoms with E-state index in [2.05, 4.69) is 18.9 Å². The molecule has 0 aromatic carbocycles. The molecule has 1 rings (SSSR count). The molecule has 8 nitrogen and oxygen atoms in total. The number of hydrogen-bond acceptors (Lipinski definition) is 7. The number of esters is 1. The minimum absolute atomic E-state index is 0.117. The van der Waals surface area contributed by atoms with E-state index in [0.29, 0.717) is 0 Å². The summed E-state index contributed by atoms with van der Waals surface area (Å²) in [5, 5.41) is 2.18. The third-order valence-electron chi connectivity index (χ3n) is 1.85. The van der Waals surface area contributed by atoms with E-state index in [1.807, 2.05) is 0 Å². The van der Waals surface area contributed by atoms with Crippen molar-refractivity contribution < 1.29 is 27.9 Å². The highest BCUT2D eigenvalue weighted by molar-refractivity contribution is 5.77. The van der Waals surface area contributed by atoms with Gasteiger partial charge in [0.15, 0.2) is 18.1 Å². The van der Waals surface area contributed by atoms with Crippen molar-refractivity contribution in [1.82, 2.24) is 5.32 Å². The van der Waals surface area contributed by atoms with Crippen molar-refractivity contribution in [3.05, 3.63) is 22.1 Å². The first kappa shape index (κ1) is 13.8. The van der Waals surface area contributed by atoms with Crippen LogP contribution >= 0.6 is 0 Å². The molecule has 0 saturated heterocycles. The minimum atomic E-state index is -0.863. The molecule has 0 fully saturated rings. The summed E-state index contributed by atoms with van der Waals surface area (Å²) >= 11 is 0. The van der Waals surface area contributed by atoms with Crippen LogP contribution in [0.25, 0.3) is 0 Å². The Hall–Kier alpha value is -2.25. The Morgan fingerprint density at radius 1 is 1.28 bits per heavy atom. The van der Waals surface area contributed by atoms with Gasteiger partial charge in [0.1, 0.15) is 6.54 Å². The lowest BCUT2D eigenvalue weighted by Gasteiger charge is -2.05. The number of hydrogen-bond donors (Lipinski definition) is 1. The molecule has 0 unspecified atom stereocenters. The molecule has 0 aliphatic carbocycles. The van der Waals surface area contributed by atoms with Crippen LogP contribution in [0.5, 0.6) is 0 Å². The van der Waals surface area contributed by atoms with E-state index < -0.39 is 17.9 Å². The van der Waals surface area contributed by atoms with E-state index in [1.54, 1.807) is 6.92 Å². The van der Waals surface area contributed by atoms with Crippen molar-refractivity contribution in [1.29, 1.82) is 0 Å². The Balaban J connectivity index is 2.31. The number of nitrogens with one attached hydrogen (secondary N) is 1. The fourth-order valence-corrected chi connectivity index (χ4v) is 1.04. The molecule has 0 atom stereocenters. The highest BCUT2D eigenvalue weighted by Crippen LogP contribution is 2.06. The van der Waals surface area contributed by atoms with E-state index in [-0.39, 0.29) is 31.3 Å². The molecular formula is C10H13NO7. The third-order valence-corrected chi connectivity index (χ3v) is 1.85. The molecule has 0 radical (unpaired) electrons. The first-order valence-electron chi connectivity index (χ1n) is 5.18. The molecule has 1 heterocycles. The topological polar surface area (TPSA) is 108 Å². The molecule has 1 amide bonds. The van der Waals surface area contributed by atoms with Crippen LogP contribution in [0.15, 0.2) is 13.6 Å². The molecule has 0 bridgehead atoms. The standard InChI is InChI=1S/C10H13NO7/c1-3-15-8(12)4-11-9(13)16-5-7-6(2)17-10(14)18-7/h3-5H2,1-2H3,(H,11,13). The third kappa shape index (κ3) is 4.32. The zero-order valence-corrected chi connectivity index (χ0v) is 9.98. The number of carbonyl (C=O) groups is 2. The van der Waals surface area contributed by atoms with E-state index >= 15 is 0 Å². The summed E-state index contributed by atoms with van der Waals surface area (Å²) in [7, 11) is 0. The van der Waals surface area contributed by atoms with Crippen LogP contribution in [0.1, 0.15) is 18.4 Å². The smallest absolute Gasteiger partial charge is 0.465 e. The van der Waals surface area contributed by atoms with Crippen LogP contribution in [-0.4, -0.2) is 25.2 Å². The molecular weight excluding hydrogens is 246 g/mol. The zero-order chi connectivity index (χ0) is 13.5. The Morgan fingerprint density at radius 3 is 2.56 bits per heavy atom. The van der Waals surface area contributed by atoms with Crippen LogP contribution in [-0.2, 0) is 20.9 Å². The normalized spacial score (nSPS) is 9.89. The Labute approximate surface area is 102 Å². The summed E-state index contributed by atoms with van der Waals surface area (Å²) in [5.41, 5.74) is 0. The Bertz CT molecular complexity index is 473. The minimum Gasteiger partial charge on any atom is -0.465 e. The van der Waals surface area contributed by atoms with E-state index in [1.165, 1.54) is 6.92 Å². The molecule has 0 saturated carbocycles. The van der Waals surface area contributed by atoms with Crippen molar-refractivity contribution >= 4 is 12.1 Å². The predicted molar refractivity (Wildman–Crippen MR) is 56.8 cm³/mol. The fraction of sp³-hybridized carbons (Fsp3) is 0.500. The number of rotatable bonds is 5. The van der Waals surface area contributed by atoms with Gasteiger partial charge in [-0.1, -0.05) is 0 Å². The summed E-state index contributed by atoms with van der Waals surface area (Å²) in [5.74, 6) is -1.08. The van der Waals surface area contributed by atoms with Gasteiger partial charge in [-0.3, -0.25) is 4.79 Å². The Kier molecular flexibility index (Phi) is 4.97. The second-order valence-corrected chi connectivity index (χ2v) is 3.17. The van der Waals surface area contributed by atoms with E-state index in [0.717, 1.165) is 0 Å². The Morgan fingerprint density at radius 2 is 2.00 bits per heavy atom. The van der Waals surface area contributed by atoms with Crippen molar-refractivity contribution in [2.75, 3.05) is 13.2 Å². The van der Waals surface area contributed by atoms with Gasteiger partial charge in [-0.25, -0.2) is 9.59 Å². The maximum atomic E-state index is 11.2. The molecule has 0 aliphatic rings. The molecule has 1 N–H and O–H groups in total. The van der Waals surface area contributed by atoms with Crippen molar-refractivity contribution in [2.24, 2.45) is 0 Å². The number of ether oxygens (including phenoxy) is 2. The summed E-state index contributed by atoms with van der Waals surface area (Å²) in [6.45, 7) is 2.84. The van der Waals surface area contributed by atoms with E-state index in [9.17, 15) is 14.4 Å². The van der Waals surface area contributed by atoms with Gasteiger partial charge < -0.3 is 23.6 Å². The fourth-order valence-electron chi connectivity index (χ4n) is 1.04. The van der Waals surface area contributed by atoms with Crippen LogP contribution in [0, 0.1) is 6.92 Å². The first-order valence-corrected chi connectivity index (χ1v) is 5.18. The van der Waals surface area contributed by atoms with Gasteiger partial charge in [0, 0.05) is 0 Å². The van der Waals surface area contributed by atoms with Gasteiger partial charge in [-0.05, 0) is 13.8 Å². The van der Waals surface area contributed by atoms with Gasteiger partial charge >= 0.3 is 17.9 Å². The highest BCUT2D eigenvalue weighted by atomic mass is 16.6. The number of alkyl carbamates (subject to hydrolysis) is 1. The van der Waals surface area contributed by atoms with Gasteiger partial charge in [-0.15, -0.1) is 0 Å². The quantitative estimate of drug-likeness (QED) is 0.759. The lowest BCUT2D eigenvalue weighted by atomic mass is 10.4. The van der Waals surface area contributed by atoms with Crippen molar-refractivity contribution in [2.45, 2.75) is 20.5 Å². The van der Waals surface area contributed by atoms with Gasteiger partial charge in [-0.2, -0.15) is 0 Å². The maximum Gasteiger partial charge on any atom is 0.519 e. The first-order chi connectivity index (χ1) is 8.52. The predicted octanol–water partition coefficient (Wildman–Crippen LogP) is 0.331. The zero-order valence-electron chi connectivity index (χ0n) is 9.98. The van der Waals surface area contributed by atoms with Gasteiger partial charge in [0.25, 0.3) is 0 Å². The monoisotopic (exact) mass is 259 g/mol. The van der Waals surface area contributed by atoms with E-state index in [4.69, 9.17) is 4.74 Å². The number of aryl methyl sites for hydroxylation is 1. The van der Waals surface area contributed by atoms with Crippen molar-refractivity contribution in [3.8, 4) is 0 Å². The lowest BCUT2D eigenvalue weighted by Crippen LogP contribution is -2.31. The lowest BCUT2D eigenvalue weighted by molar-refractivity contribution is -0.141. The van der Waals surface area contributed by atoms with Crippen LogP contribution in [0.4, 0.5) is 4.79 Å². The molecule has 1 aromatic rings. The second kappa shape index (κ2) is 6.48. The molecule has 0 spiro atoms. The summed E-state index contributed by atoms with van der Waals surface area (Å²) in [6.07, 6.45) is -0.827.